The number of hydrogen-bond donors (Lipinski definition) is 1. The van der Waals surface area contributed by atoms with Crippen molar-refractivity contribution in [3.05, 3.63) is 31.2 Å². The van der Waals surface area contributed by atoms with E-state index >= 15 is 0 Å². The van der Waals surface area contributed by atoms with Gasteiger partial charge in [-0.15, -0.1) is 0 Å². The van der Waals surface area contributed by atoms with E-state index in [2.05, 4.69) is 7.05 Å². The fraction of sp³-hybridized carbons (Fsp3) is 0.375. The van der Waals surface area contributed by atoms with Crippen LogP contribution >= 0.6 is 0 Å². The maximum Gasteiger partial charge on any atom is 0.133 e. The minimum absolute atomic E-state index is 0.480. The summed E-state index contributed by atoms with van der Waals surface area (Å²) in [6.45, 7) is 0.480. The van der Waals surface area contributed by atoms with Gasteiger partial charge >= 0.3 is 0 Å². The molecule has 0 fully saturated rings. The number of rotatable bonds is 3. The highest BCUT2D eigenvalue weighted by atomic mass is 16.4. The third kappa shape index (κ3) is 2.37. The second-order valence-corrected chi connectivity index (χ2v) is 2.57. The van der Waals surface area contributed by atoms with Gasteiger partial charge in [0, 0.05) is 13.6 Å². The molecule has 1 heterocycles. The van der Waals surface area contributed by atoms with Crippen LogP contribution in [-0.2, 0) is 0 Å². The second-order valence-electron chi connectivity index (χ2n) is 2.57. The van der Waals surface area contributed by atoms with Gasteiger partial charge in [0.25, 0.3) is 0 Å². The summed E-state index contributed by atoms with van der Waals surface area (Å²) in [5.41, 5.74) is 0. The Morgan fingerprint density at radius 2 is 2.55 bits per heavy atom. The average molecular weight is 154 g/mol. The van der Waals surface area contributed by atoms with Crippen molar-refractivity contribution in [2.75, 3.05) is 13.6 Å². The van der Waals surface area contributed by atoms with Crippen molar-refractivity contribution in [1.82, 2.24) is 4.90 Å². The minimum Gasteiger partial charge on any atom is -0.467 e. The summed E-state index contributed by atoms with van der Waals surface area (Å²) >= 11 is 0. The SMILES string of the molecule is [CH2]N(C)CC(O)c1ccco1. The topological polar surface area (TPSA) is 36.6 Å². The van der Waals surface area contributed by atoms with Gasteiger partial charge in [0.05, 0.1) is 6.26 Å². The molecule has 1 radical (unpaired) electrons. The number of aliphatic hydroxyl groups is 1. The number of aliphatic hydroxyl groups excluding tert-OH is 1. The van der Waals surface area contributed by atoms with Crippen LogP contribution in [-0.4, -0.2) is 23.6 Å². The maximum atomic E-state index is 9.40. The van der Waals surface area contributed by atoms with Crippen LogP contribution in [0.5, 0.6) is 0 Å². The Labute approximate surface area is 66.2 Å². The summed E-state index contributed by atoms with van der Waals surface area (Å²) in [5, 5.41) is 9.40. The van der Waals surface area contributed by atoms with Crippen LogP contribution in [0.2, 0.25) is 0 Å². The molecule has 0 spiro atoms. The molecular weight excluding hydrogens is 142 g/mol. The Bertz CT molecular complexity index is 194. The molecule has 3 nitrogen and oxygen atoms in total. The van der Waals surface area contributed by atoms with Crippen LogP contribution in [0.4, 0.5) is 0 Å². The lowest BCUT2D eigenvalue weighted by Gasteiger charge is -2.12. The van der Waals surface area contributed by atoms with Crippen molar-refractivity contribution in [3.63, 3.8) is 0 Å². The Kier molecular flexibility index (Phi) is 2.68. The van der Waals surface area contributed by atoms with Gasteiger partial charge in [-0.1, -0.05) is 0 Å². The Hall–Kier alpha value is -0.800. The molecule has 1 N–H and O–H groups in total. The molecule has 0 saturated carbocycles. The summed E-state index contributed by atoms with van der Waals surface area (Å²) in [6.07, 6.45) is 0.967. The summed E-state index contributed by atoms with van der Waals surface area (Å²) < 4.78 is 4.99. The summed E-state index contributed by atoms with van der Waals surface area (Å²) in [4.78, 5) is 1.66. The van der Waals surface area contributed by atoms with Crippen molar-refractivity contribution in [3.8, 4) is 0 Å². The smallest absolute Gasteiger partial charge is 0.133 e. The van der Waals surface area contributed by atoms with Crippen molar-refractivity contribution in [1.29, 1.82) is 0 Å². The number of furan rings is 1. The van der Waals surface area contributed by atoms with Crippen LogP contribution in [0.1, 0.15) is 11.9 Å². The van der Waals surface area contributed by atoms with Crippen LogP contribution in [0.3, 0.4) is 0 Å². The van der Waals surface area contributed by atoms with Crippen LogP contribution in [0.15, 0.2) is 22.8 Å². The molecule has 0 amide bonds. The number of likely N-dealkylation sites (N-methyl/N-ethyl adjacent to an activating group) is 1. The van der Waals surface area contributed by atoms with Gasteiger partial charge in [-0.05, 0) is 19.2 Å². The Balaban J connectivity index is 2.49. The van der Waals surface area contributed by atoms with Gasteiger partial charge in [-0.25, -0.2) is 0 Å². The van der Waals surface area contributed by atoms with E-state index in [0.29, 0.717) is 12.3 Å². The predicted octanol–water partition coefficient (Wildman–Crippen LogP) is 1.04. The van der Waals surface area contributed by atoms with Gasteiger partial charge in [-0.2, -0.15) is 0 Å². The van der Waals surface area contributed by atoms with Crippen molar-refractivity contribution in [2.45, 2.75) is 6.10 Å². The minimum atomic E-state index is -0.576. The Morgan fingerprint density at radius 1 is 1.82 bits per heavy atom. The molecule has 1 rings (SSSR count). The molecule has 1 atom stereocenters. The standard InChI is InChI=1S/C8H12NO2/c1-9(2)6-7(10)8-4-3-5-11-8/h3-5,7,10H,1,6H2,2H3. The molecule has 3 heteroatoms. The largest absolute Gasteiger partial charge is 0.467 e. The number of hydrogen-bond acceptors (Lipinski definition) is 3. The quantitative estimate of drug-likeness (QED) is 0.706. The molecule has 1 aromatic rings. The lowest BCUT2D eigenvalue weighted by molar-refractivity contribution is 0.121. The summed E-state index contributed by atoms with van der Waals surface area (Å²) in [6, 6.07) is 3.50. The van der Waals surface area contributed by atoms with E-state index in [0.717, 1.165) is 0 Å². The molecule has 0 bridgehead atoms. The highest BCUT2D eigenvalue weighted by Gasteiger charge is 2.10. The molecule has 0 aliphatic carbocycles. The fourth-order valence-corrected chi connectivity index (χ4v) is 0.866. The van der Waals surface area contributed by atoms with E-state index in [1.54, 1.807) is 30.3 Å². The van der Waals surface area contributed by atoms with E-state index in [1.165, 1.54) is 0 Å². The van der Waals surface area contributed by atoms with Gasteiger partial charge in [0.2, 0.25) is 0 Å². The fourth-order valence-electron chi connectivity index (χ4n) is 0.866. The first-order valence-electron chi connectivity index (χ1n) is 3.43. The van der Waals surface area contributed by atoms with Crippen LogP contribution in [0, 0.1) is 7.05 Å². The summed E-state index contributed by atoms with van der Waals surface area (Å²) in [7, 11) is 5.42. The molecule has 0 aromatic carbocycles. The lowest BCUT2D eigenvalue weighted by atomic mass is 10.2. The first-order valence-corrected chi connectivity index (χ1v) is 3.43. The van der Waals surface area contributed by atoms with E-state index in [1.807, 2.05) is 0 Å². The molecule has 1 unspecified atom stereocenters. The van der Waals surface area contributed by atoms with Gasteiger partial charge in [0.15, 0.2) is 0 Å². The van der Waals surface area contributed by atoms with Crippen LogP contribution < -0.4 is 0 Å². The molecule has 11 heavy (non-hydrogen) atoms. The number of nitrogens with zero attached hydrogens (tertiary/aromatic N) is 1. The summed E-state index contributed by atoms with van der Waals surface area (Å²) in [5.74, 6) is 0.584. The zero-order chi connectivity index (χ0) is 8.27. The molecule has 1 aromatic heterocycles. The van der Waals surface area contributed by atoms with E-state index in [-0.39, 0.29) is 0 Å². The highest BCUT2D eigenvalue weighted by Crippen LogP contribution is 2.12. The van der Waals surface area contributed by atoms with E-state index in [9.17, 15) is 5.11 Å². The molecule has 0 aliphatic rings. The Morgan fingerprint density at radius 3 is 3.00 bits per heavy atom. The maximum absolute atomic E-state index is 9.40. The monoisotopic (exact) mass is 154 g/mol. The van der Waals surface area contributed by atoms with E-state index in [4.69, 9.17) is 4.42 Å². The third-order valence-corrected chi connectivity index (χ3v) is 1.36. The van der Waals surface area contributed by atoms with Crippen molar-refractivity contribution >= 4 is 0 Å². The molecule has 0 saturated heterocycles. The predicted molar refractivity (Wildman–Crippen MR) is 41.7 cm³/mol. The van der Waals surface area contributed by atoms with Crippen molar-refractivity contribution < 1.29 is 9.52 Å². The van der Waals surface area contributed by atoms with Gasteiger partial charge < -0.3 is 14.4 Å². The first kappa shape index (κ1) is 8.30. The van der Waals surface area contributed by atoms with Crippen LogP contribution in [0.25, 0.3) is 0 Å². The molecule has 61 valence electrons. The normalized spacial score (nSPS) is 13.8. The van der Waals surface area contributed by atoms with Gasteiger partial charge in [-0.3, -0.25) is 0 Å². The average Bonchev–Trinajstić information content (AvgIpc) is 2.35. The highest BCUT2D eigenvalue weighted by molar-refractivity contribution is 5.02. The van der Waals surface area contributed by atoms with E-state index < -0.39 is 6.10 Å². The van der Waals surface area contributed by atoms with Crippen molar-refractivity contribution in [2.24, 2.45) is 0 Å². The molecule has 0 aliphatic heterocycles. The van der Waals surface area contributed by atoms with Gasteiger partial charge in [0.1, 0.15) is 11.9 Å². The second kappa shape index (κ2) is 3.55. The first-order chi connectivity index (χ1) is 5.20. The lowest BCUT2D eigenvalue weighted by Crippen LogP contribution is -2.17. The zero-order valence-electron chi connectivity index (χ0n) is 6.53. The molecular formula is C8H12NO2. The zero-order valence-corrected chi connectivity index (χ0v) is 6.53. The third-order valence-electron chi connectivity index (χ3n) is 1.36.